The predicted octanol–water partition coefficient (Wildman–Crippen LogP) is 5.18. The minimum atomic E-state index is -5.15. The molecule has 0 aromatic heterocycles. The van der Waals surface area contributed by atoms with Crippen LogP contribution in [0, 0.1) is 11.3 Å². The van der Waals surface area contributed by atoms with Crippen LogP contribution < -0.4 is 10.0 Å². The number of rotatable bonds is 8. The Morgan fingerprint density at radius 3 is 2.08 bits per heavy atom. The predicted molar refractivity (Wildman–Crippen MR) is 136 cm³/mol. The van der Waals surface area contributed by atoms with Crippen molar-refractivity contribution >= 4 is 21.5 Å². The van der Waals surface area contributed by atoms with Crippen molar-refractivity contribution in [3.63, 3.8) is 0 Å². The Balaban J connectivity index is 1.62. The Bertz CT molecular complexity index is 1280. The highest BCUT2D eigenvalue weighted by Gasteiger charge is 2.38. The van der Waals surface area contributed by atoms with E-state index >= 15 is 0 Å². The zero-order valence-electron chi connectivity index (χ0n) is 21.2. The van der Waals surface area contributed by atoms with Gasteiger partial charge in [0, 0.05) is 39.3 Å². The normalized spacial score (nSPS) is 15.2. The number of hydrogen-bond donors (Lipinski definition) is 3. The number of para-hydroxylation sites is 1. The molecule has 0 bridgehead atoms. The van der Waals surface area contributed by atoms with Crippen molar-refractivity contribution in [2.24, 2.45) is 5.92 Å². The third-order valence-corrected chi connectivity index (χ3v) is 7.74. The summed E-state index contributed by atoms with van der Waals surface area (Å²) in [7, 11) is -1.12. The maximum atomic E-state index is 13.1. The standard InChI is InChI=1S/C25H29F6N5O2S/c1-16(34-22-7-5-4-6-21(22)23(32)35(2)3)36-10-8-17(9-11-36)15-33-39(37,38)20-13-18(24(26,27)28)12-19(14-20)25(29,30)31/h4-7,12-14,17,32-34H,1,8-11,15H2,2-3H3. The molecule has 0 radical (unpaired) electrons. The van der Waals surface area contributed by atoms with Crippen molar-refractivity contribution in [2.45, 2.75) is 30.1 Å². The molecule has 1 aliphatic rings. The summed E-state index contributed by atoms with van der Waals surface area (Å²) >= 11 is 0. The number of hydrogen-bond acceptors (Lipinski definition) is 5. The number of likely N-dealkylation sites (tertiary alicyclic amines) is 1. The van der Waals surface area contributed by atoms with E-state index in [1.54, 1.807) is 25.1 Å². The summed E-state index contributed by atoms with van der Waals surface area (Å²) in [5.74, 6) is 0.697. The van der Waals surface area contributed by atoms with E-state index in [4.69, 9.17) is 5.41 Å². The first-order valence-corrected chi connectivity index (χ1v) is 13.3. The second-order valence-electron chi connectivity index (χ2n) is 9.38. The molecule has 1 fully saturated rings. The number of nitrogens with one attached hydrogen (secondary N) is 3. The van der Waals surface area contributed by atoms with Crippen LogP contribution in [0.4, 0.5) is 32.0 Å². The van der Waals surface area contributed by atoms with Crippen molar-refractivity contribution < 1.29 is 34.8 Å². The molecule has 39 heavy (non-hydrogen) atoms. The fourth-order valence-electron chi connectivity index (χ4n) is 4.07. The van der Waals surface area contributed by atoms with Gasteiger partial charge in [-0.3, -0.25) is 5.41 Å². The molecular formula is C25H29F6N5O2S. The Labute approximate surface area is 223 Å². The topological polar surface area (TPSA) is 88.5 Å². The molecule has 0 aliphatic carbocycles. The average Bonchev–Trinajstić information content (AvgIpc) is 2.86. The second kappa shape index (κ2) is 11.5. The molecule has 214 valence electrons. The van der Waals surface area contributed by atoms with Gasteiger partial charge in [-0.15, -0.1) is 0 Å². The number of alkyl halides is 6. The number of anilines is 1. The van der Waals surface area contributed by atoms with Crippen LogP contribution in [0.5, 0.6) is 0 Å². The lowest BCUT2D eigenvalue weighted by molar-refractivity contribution is -0.143. The average molecular weight is 578 g/mol. The smallest absolute Gasteiger partial charge is 0.363 e. The van der Waals surface area contributed by atoms with E-state index in [1.165, 1.54) is 0 Å². The molecule has 2 aromatic rings. The number of benzene rings is 2. The number of amidine groups is 1. The largest absolute Gasteiger partial charge is 0.416 e. The molecule has 1 heterocycles. The van der Waals surface area contributed by atoms with E-state index in [1.807, 2.05) is 23.1 Å². The summed E-state index contributed by atoms with van der Waals surface area (Å²) in [4.78, 5) is 2.52. The first kappa shape index (κ1) is 30.3. The van der Waals surface area contributed by atoms with E-state index < -0.39 is 38.4 Å². The number of sulfonamides is 1. The lowest BCUT2D eigenvalue weighted by Crippen LogP contribution is -2.39. The summed E-state index contributed by atoms with van der Waals surface area (Å²) in [6.45, 7) is 4.90. The fourth-order valence-corrected chi connectivity index (χ4v) is 5.26. The van der Waals surface area contributed by atoms with Gasteiger partial charge in [0.05, 0.1) is 27.5 Å². The Kier molecular flexibility index (Phi) is 8.90. The minimum Gasteiger partial charge on any atom is -0.363 e. The molecule has 0 atom stereocenters. The number of halogens is 6. The molecule has 3 rings (SSSR count). The van der Waals surface area contributed by atoms with E-state index in [0.29, 0.717) is 48.8 Å². The van der Waals surface area contributed by atoms with Gasteiger partial charge in [-0.2, -0.15) is 26.3 Å². The van der Waals surface area contributed by atoms with Crippen LogP contribution in [0.15, 0.2) is 59.8 Å². The summed E-state index contributed by atoms with van der Waals surface area (Å²) in [5.41, 5.74) is -2.02. The highest BCUT2D eigenvalue weighted by atomic mass is 32.2. The van der Waals surface area contributed by atoms with Crippen molar-refractivity contribution in [1.29, 1.82) is 5.41 Å². The van der Waals surface area contributed by atoms with E-state index in [0.717, 1.165) is 0 Å². The number of piperidine rings is 1. The third kappa shape index (κ3) is 7.66. The van der Waals surface area contributed by atoms with Gasteiger partial charge in [-0.05, 0) is 49.1 Å². The molecule has 14 heteroatoms. The molecule has 0 unspecified atom stereocenters. The highest BCUT2D eigenvalue weighted by molar-refractivity contribution is 7.89. The molecule has 1 saturated heterocycles. The molecule has 7 nitrogen and oxygen atoms in total. The first-order valence-electron chi connectivity index (χ1n) is 11.8. The Hall–Kier alpha value is -3.26. The molecule has 2 aromatic carbocycles. The Morgan fingerprint density at radius 1 is 1.03 bits per heavy atom. The maximum Gasteiger partial charge on any atom is 0.416 e. The van der Waals surface area contributed by atoms with Crippen LogP contribution in [0.3, 0.4) is 0 Å². The van der Waals surface area contributed by atoms with Crippen LogP contribution in [-0.2, 0) is 22.4 Å². The van der Waals surface area contributed by atoms with E-state index in [-0.39, 0.29) is 30.7 Å². The molecular weight excluding hydrogens is 548 g/mol. The zero-order valence-corrected chi connectivity index (χ0v) is 22.1. The van der Waals surface area contributed by atoms with Crippen molar-refractivity contribution in [3.8, 4) is 0 Å². The van der Waals surface area contributed by atoms with Crippen LogP contribution in [0.25, 0.3) is 0 Å². The second-order valence-corrected chi connectivity index (χ2v) is 11.2. The van der Waals surface area contributed by atoms with Gasteiger partial charge < -0.3 is 15.1 Å². The SMILES string of the molecule is C=C(Nc1ccccc1C(=N)N(C)C)N1CCC(CNS(=O)(=O)c2cc(C(F)(F)F)cc(C(F)(F)F)c2)CC1. The summed E-state index contributed by atoms with van der Waals surface area (Å²) < 4.78 is 106. The van der Waals surface area contributed by atoms with E-state index in [9.17, 15) is 34.8 Å². The molecule has 0 amide bonds. The molecule has 0 saturated carbocycles. The third-order valence-electron chi connectivity index (χ3n) is 6.34. The van der Waals surface area contributed by atoms with Crippen molar-refractivity contribution in [3.05, 3.63) is 71.6 Å². The summed E-state index contributed by atoms with van der Waals surface area (Å²) in [6.07, 6.45) is -9.28. The van der Waals surface area contributed by atoms with Crippen LogP contribution in [0.1, 0.15) is 29.5 Å². The molecule has 0 spiro atoms. The van der Waals surface area contributed by atoms with Gasteiger partial charge in [-0.1, -0.05) is 18.7 Å². The minimum absolute atomic E-state index is 0.114. The van der Waals surface area contributed by atoms with Crippen molar-refractivity contribution in [2.75, 3.05) is 39.0 Å². The van der Waals surface area contributed by atoms with Crippen LogP contribution >= 0.6 is 0 Å². The zero-order chi connectivity index (χ0) is 29.2. The Morgan fingerprint density at radius 2 is 1.56 bits per heavy atom. The monoisotopic (exact) mass is 577 g/mol. The summed E-state index contributed by atoms with van der Waals surface area (Å²) in [6, 6.07) is 7.54. The maximum absolute atomic E-state index is 13.1. The van der Waals surface area contributed by atoms with Gasteiger partial charge in [0.1, 0.15) is 5.84 Å². The van der Waals surface area contributed by atoms with Gasteiger partial charge in [0.15, 0.2) is 0 Å². The molecule has 3 N–H and O–H groups in total. The van der Waals surface area contributed by atoms with E-state index in [2.05, 4.69) is 16.6 Å². The summed E-state index contributed by atoms with van der Waals surface area (Å²) in [5, 5.41) is 11.5. The van der Waals surface area contributed by atoms with Crippen LogP contribution in [0.2, 0.25) is 0 Å². The van der Waals surface area contributed by atoms with Gasteiger partial charge in [0.25, 0.3) is 0 Å². The highest BCUT2D eigenvalue weighted by Crippen LogP contribution is 2.37. The van der Waals surface area contributed by atoms with Gasteiger partial charge in [-0.25, -0.2) is 13.1 Å². The fraction of sp³-hybridized carbons (Fsp3) is 0.400. The quantitative estimate of drug-likeness (QED) is 0.229. The number of nitrogens with zero attached hydrogens (tertiary/aromatic N) is 2. The van der Waals surface area contributed by atoms with Gasteiger partial charge in [0.2, 0.25) is 10.0 Å². The lowest BCUT2D eigenvalue weighted by Gasteiger charge is -2.35. The lowest BCUT2D eigenvalue weighted by atomic mass is 9.97. The molecule has 1 aliphatic heterocycles. The first-order chi connectivity index (χ1) is 18.0. The van der Waals surface area contributed by atoms with Crippen molar-refractivity contribution in [1.82, 2.24) is 14.5 Å². The van der Waals surface area contributed by atoms with Gasteiger partial charge >= 0.3 is 12.4 Å². The van der Waals surface area contributed by atoms with Crippen LogP contribution in [-0.4, -0.2) is 57.8 Å².